The third-order valence-electron chi connectivity index (χ3n) is 6.87. The van der Waals surface area contributed by atoms with E-state index in [1.807, 2.05) is 29.2 Å². The molecule has 0 spiro atoms. The molecule has 37 heavy (non-hydrogen) atoms. The lowest BCUT2D eigenvalue weighted by atomic mass is 10.0. The second-order valence-corrected chi connectivity index (χ2v) is 10.0. The number of rotatable bonds is 8. The van der Waals surface area contributed by atoms with Crippen molar-refractivity contribution >= 4 is 23.5 Å². The summed E-state index contributed by atoms with van der Waals surface area (Å²) in [5.41, 5.74) is 7.67. The van der Waals surface area contributed by atoms with E-state index in [1.54, 1.807) is 24.3 Å². The molecule has 2 fully saturated rings. The summed E-state index contributed by atoms with van der Waals surface area (Å²) < 4.78 is 43.7. The Balaban J connectivity index is 1.37. The molecule has 0 aliphatic carbocycles. The first-order valence-corrected chi connectivity index (χ1v) is 12.6. The topological polar surface area (TPSA) is 87.9 Å². The first kappa shape index (κ1) is 27.4. The Morgan fingerprint density at radius 3 is 2.32 bits per heavy atom. The van der Waals surface area contributed by atoms with Crippen molar-refractivity contribution < 1.29 is 27.5 Å². The van der Waals surface area contributed by atoms with Crippen LogP contribution in [0.25, 0.3) is 0 Å². The number of amides is 1. The summed E-state index contributed by atoms with van der Waals surface area (Å²) in [6, 6.07) is 14.2. The van der Waals surface area contributed by atoms with Crippen molar-refractivity contribution in [3.8, 4) is 0 Å². The molecule has 11 heteroatoms. The van der Waals surface area contributed by atoms with Crippen LogP contribution in [0.3, 0.4) is 0 Å². The van der Waals surface area contributed by atoms with Crippen molar-refractivity contribution in [2.75, 3.05) is 26.2 Å². The summed E-state index contributed by atoms with van der Waals surface area (Å²) in [5, 5.41) is 4.14. The maximum absolute atomic E-state index is 12.9. The molecule has 0 radical (unpaired) electrons. The number of esters is 1. The molecule has 2 saturated heterocycles. The predicted octanol–water partition coefficient (Wildman–Crippen LogP) is 3.35. The molecule has 0 aromatic heterocycles. The summed E-state index contributed by atoms with van der Waals surface area (Å²) in [4.78, 5) is 27.6. The Morgan fingerprint density at radius 1 is 1.00 bits per heavy atom. The number of piperidine rings is 1. The minimum Gasteiger partial charge on any atom is -0.453 e. The molecule has 0 saturated carbocycles. The quantitative estimate of drug-likeness (QED) is 0.501. The molecule has 200 valence electrons. The monoisotopic (exact) mass is 538 g/mol. The molecule has 0 bridgehead atoms. The third-order valence-corrected chi connectivity index (χ3v) is 7.12. The van der Waals surface area contributed by atoms with Crippen molar-refractivity contribution in [1.29, 1.82) is 0 Å². The van der Waals surface area contributed by atoms with Crippen molar-refractivity contribution in [3.05, 3.63) is 70.2 Å². The standard InChI is InChI=1S/C26H30ClF3N4O3/c27-19-7-5-17(6-8-19)13-33-11-9-20(10-12-33)32-22-15-34(16-23(22)37-25(36)26(28,29)30)14-18-3-1-2-4-21(18)24(31)35/h1-8,20,22-23,32H,9-16H2,(H2,31,35). The largest absolute Gasteiger partial charge is 0.490 e. The van der Waals surface area contributed by atoms with Crippen molar-refractivity contribution in [3.63, 3.8) is 0 Å². The maximum Gasteiger partial charge on any atom is 0.490 e. The Bertz CT molecular complexity index is 1090. The molecule has 2 aromatic carbocycles. The van der Waals surface area contributed by atoms with Crippen LogP contribution in [0, 0.1) is 0 Å². The zero-order valence-electron chi connectivity index (χ0n) is 20.2. The minimum absolute atomic E-state index is 0.0800. The van der Waals surface area contributed by atoms with Crippen LogP contribution in [0.4, 0.5) is 13.2 Å². The van der Waals surface area contributed by atoms with Crippen LogP contribution in [0.5, 0.6) is 0 Å². The van der Waals surface area contributed by atoms with Crippen LogP contribution in [-0.4, -0.2) is 72.2 Å². The van der Waals surface area contributed by atoms with Gasteiger partial charge in [-0.1, -0.05) is 41.9 Å². The highest BCUT2D eigenvalue weighted by atomic mass is 35.5. The first-order chi connectivity index (χ1) is 17.6. The van der Waals surface area contributed by atoms with E-state index in [4.69, 9.17) is 22.1 Å². The third kappa shape index (κ3) is 7.44. The number of carbonyl (C=O) groups excluding carboxylic acids is 2. The van der Waals surface area contributed by atoms with Gasteiger partial charge in [-0.15, -0.1) is 0 Å². The van der Waals surface area contributed by atoms with Gasteiger partial charge in [0.25, 0.3) is 0 Å². The summed E-state index contributed by atoms with van der Waals surface area (Å²) in [5.74, 6) is -2.77. The molecule has 2 aliphatic rings. The number of primary amides is 1. The number of carbonyl (C=O) groups is 2. The molecule has 2 atom stereocenters. The van der Waals surface area contributed by atoms with Gasteiger partial charge in [0.1, 0.15) is 6.10 Å². The maximum atomic E-state index is 12.9. The SMILES string of the molecule is NC(=O)c1ccccc1CN1CC(NC2CCN(Cc3ccc(Cl)cc3)CC2)C(OC(=O)C(F)(F)F)C1. The van der Waals surface area contributed by atoms with Crippen molar-refractivity contribution in [1.82, 2.24) is 15.1 Å². The van der Waals surface area contributed by atoms with Gasteiger partial charge in [0.15, 0.2) is 0 Å². The molecule has 7 nitrogen and oxygen atoms in total. The summed E-state index contributed by atoms with van der Waals surface area (Å²) in [6.45, 7) is 3.24. The molecule has 2 unspecified atom stereocenters. The molecule has 3 N–H and O–H groups in total. The Hall–Kier alpha value is -2.66. The number of nitrogens with zero attached hydrogens (tertiary/aromatic N) is 2. The van der Waals surface area contributed by atoms with Gasteiger partial charge in [-0.2, -0.15) is 13.2 Å². The number of hydrogen-bond donors (Lipinski definition) is 2. The van der Waals surface area contributed by atoms with Crippen LogP contribution in [0.2, 0.25) is 5.02 Å². The van der Waals surface area contributed by atoms with E-state index in [0.29, 0.717) is 29.2 Å². The smallest absolute Gasteiger partial charge is 0.453 e. The normalized spacial score (nSPS) is 21.7. The van der Waals surface area contributed by atoms with Gasteiger partial charge in [0, 0.05) is 42.8 Å². The predicted molar refractivity (Wildman–Crippen MR) is 133 cm³/mol. The Labute approximate surface area is 218 Å². The number of likely N-dealkylation sites (tertiary alicyclic amines) is 2. The van der Waals surface area contributed by atoms with Gasteiger partial charge in [-0.3, -0.25) is 14.6 Å². The Morgan fingerprint density at radius 2 is 1.68 bits per heavy atom. The molecule has 4 rings (SSSR count). The number of benzene rings is 2. The lowest BCUT2D eigenvalue weighted by Crippen LogP contribution is -2.51. The van der Waals surface area contributed by atoms with E-state index in [1.165, 1.54) is 0 Å². The van der Waals surface area contributed by atoms with Crippen LogP contribution in [0.15, 0.2) is 48.5 Å². The lowest BCUT2D eigenvalue weighted by molar-refractivity contribution is -0.205. The Kier molecular flexibility index (Phi) is 8.74. The average Bonchev–Trinajstić information content (AvgIpc) is 3.21. The fraction of sp³-hybridized carbons (Fsp3) is 0.462. The van der Waals surface area contributed by atoms with Crippen LogP contribution < -0.4 is 11.1 Å². The van der Waals surface area contributed by atoms with Crippen molar-refractivity contribution in [2.24, 2.45) is 5.73 Å². The summed E-state index contributed by atoms with van der Waals surface area (Å²) >= 11 is 5.96. The van der Waals surface area contributed by atoms with E-state index in [9.17, 15) is 22.8 Å². The highest BCUT2D eigenvalue weighted by Crippen LogP contribution is 2.25. The number of hydrogen-bond acceptors (Lipinski definition) is 6. The summed E-state index contributed by atoms with van der Waals surface area (Å²) in [7, 11) is 0. The zero-order valence-corrected chi connectivity index (χ0v) is 21.0. The van der Waals surface area contributed by atoms with Gasteiger partial charge < -0.3 is 15.8 Å². The van der Waals surface area contributed by atoms with Gasteiger partial charge in [-0.05, 0) is 55.3 Å². The average molecular weight is 539 g/mol. The lowest BCUT2D eigenvalue weighted by Gasteiger charge is -2.34. The second-order valence-electron chi connectivity index (χ2n) is 9.61. The van der Waals surface area contributed by atoms with Gasteiger partial charge in [-0.25, -0.2) is 4.79 Å². The number of nitrogens with one attached hydrogen (secondary N) is 1. The van der Waals surface area contributed by atoms with E-state index in [-0.39, 0.29) is 12.6 Å². The van der Waals surface area contributed by atoms with Crippen LogP contribution >= 0.6 is 11.6 Å². The molecule has 2 aliphatic heterocycles. The number of alkyl halides is 3. The number of halogens is 4. The molecule has 2 heterocycles. The molecule has 2 aromatic rings. The molecular formula is C26H30ClF3N4O3. The fourth-order valence-corrected chi connectivity index (χ4v) is 5.14. The highest BCUT2D eigenvalue weighted by Gasteiger charge is 2.45. The van der Waals surface area contributed by atoms with E-state index < -0.39 is 30.2 Å². The van der Waals surface area contributed by atoms with Gasteiger partial charge >= 0.3 is 12.1 Å². The van der Waals surface area contributed by atoms with Gasteiger partial charge in [0.2, 0.25) is 5.91 Å². The number of ether oxygens (including phenoxy) is 1. The van der Waals surface area contributed by atoms with E-state index >= 15 is 0 Å². The van der Waals surface area contributed by atoms with Crippen molar-refractivity contribution in [2.45, 2.75) is 50.3 Å². The van der Waals surface area contributed by atoms with Crippen LogP contribution in [-0.2, 0) is 22.6 Å². The molecule has 1 amide bonds. The van der Waals surface area contributed by atoms with Crippen LogP contribution in [0.1, 0.15) is 34.3 Å². The molecular weight excluding hydrogens is 509 g/mol. The fourth-order valence-electron chi connectivity index (χ4n) is 5.01. The van der Waals surface area contributed by atoms with E-state index in [2.05, 4.69) is 10.2 Å². The zero-order chi connectivity index (χ0) is 26.6. The highest BCUT2D eigenvalue weighted by molar-refractivity contribution is 6.30. The number of nitrogens with two attached hydrogens (primary N) is 1. The second kappa shape index (κ2) is 11.8. The first-order valence-electron chi connectivity index (χ1n) is 12.2. The minimum atomic E-state index is -5.07. The van der Waals surface area contributed by atoms with E-state index in [0.717, 1.165) is 38.0 Å². The summed E-state index contributed by atoms with van der Waals surface area (Å²) in [6.07, 6.45) is -4.41. The van der Waals surface area contributed by atoms with Gasteiger partial charge in [0.05, 0.1) is 6.04 Å².